The highest BCUT2D eigenvalue weighted by Gasteiger charge is 2.11. The Kier molecular flexibility index (Phi) is 4.35. The lowest BCUT2D eigenvalue weighted by Crippen LogP contribution is -1.97. The lowest BCUT2D eigenvalue weighted by Gasteiger charge is -2.10. The Bertz CT molecular complexity index is 1010. The van der Waals surface area contributed by atoms with Gasteiger partial charge in [0.1, 0.15) is 18.2 Å². The molecule has 0 aliphatic rings. The second kappa shape index (κ2) is 6.79. The molecule has 0 saturated carbocycles. The van der Waals surface area contributed by atoms with Crippen LogP contribution in [0.3, 0.4) is 0 Å². The molecule has 0 unspecified atom stereocenters. The van der Waals surface area contributed by atoms with Gasteiger partial charge in [-0.15, -0.1) is 0 Å². The minimum absolute atomic E-state index is 0.397. The van der Waals surface area contributed by atoms with Crippen molar-refractivity contribution in [2.24, 2.45) is 0 Å². The number of benzene rings is 3. The number of hydrogen-bond acceptors (Lipinski definition) is 2. The summed E-state index contributed by atoms with van der Waals surface area (Å²) in [5, 5.41) is 1.06. The molecule has 3 nitrogen and oxygen atoms in total. The molecular weight excluding hydrogens is 355 g/mol. The van der Waals surface area contributed by atoms with Crippen molar-refractivity contribution in [3.63, 3.8) is 0 Å². The molecule has 4 rings (SSSR count). The number of rotatable bonds is 4. The lowest BCUT2D eigenvalue weighted by molar-refractivity contribution is 0.307. The van der Waals surface area contributed by atoms with Gasteiger partial charge in [0.2, 0.25) is 0 Å². The third-order valence-corrected chi connectivity index (χ3v) is 4.65. The Morgan fingerprint density at radius 2 is 1.68 bits per heavy atom. The number of aromatic nitrogens is 2. The van der Waals surface area contributed by atoms with E-state index in [-0.39, 0.29) is 0 Å². The quantitative estimate of drug-likeness (QED) is 0.471. The van der Waals surface area contributed by atoms with Crippen molar-refractivity contribution in [2.75, 3.05) is 0 Å². The van der Waals surface area contributed by atoms with Gasteiger partial charge < -0.3 is 9.72 Å². The monoisotopic (exact) mass is 368 g/mol. The second-order valence-electron chi connectivity index (χ2n) is 5.64. The molecule has 0 fully saturated rings. The number of para-hydroxylation sites is 3. The largest absolute Gasteiger partial charge is 0.488 e. The van der Waals surface area contributed by atoms with E-state index >= 15 is 0 Å². The third-order valence-electron chi connectivity index (χ3n) is 3.91. The number of halogens is 2. The van der Waals surface area contributed by atoms with Crippen molar-refractivity contribution in [1.29, 1.82) is 0 Å². The highest BCUT2D eigenvalue weighted by Crippen LogP contribution is 2.30. The summed E-state index contributed by atoms with van der Waals surface area (Å²) in [7, 11) is 0. The summed E-state index contributed by atoms with van der Waals surface area (Å²) < 4.78 is 6.01. The minimum Gasteiger partial charge on any atom is -0.488 e. The Labute approximate surface area is 155 Å². The summed E-state index contributed by atoms with van der Waals surface area (Å²) in [5.74, 6) is 1.54. The SMILES string of the molecule is Clc1ccc(COc2ccccc2-c2nc3ccccc3[nH]2)cc1Cl. The number of imidazole rings is 1. The number of ether oxygens (including phenoxy) is 1. The zero-order valence-electron chi connectivity index (χ0n) is 13.2. The molecule has 5 heteroatoms. The molecule has 124 valence electrons. The van der Waals surface area contributed by atoms with Crippen LogP contribution in [0.25, 0.3) is 22.4 Å². The lowest BCUT2D eigenvalue weighted by atomic mass is 10.2. The van der Waals surface area contributed by atoms with Crippen LogP contribution in [-0.2, 0) is 6.61 Å². The number of aromatic amines is 1. The molecule has 3 aromatic carbocycles. The minimum atomic E-state index is 0.397. The summed E-state index contributed by atoms with van der Waals surface area (Å²) in [6.07, 6.45) is 0. The number of fused-ring (bicyclic) bond motifs is 1. The normalized spacial score (nSPS) is 11.0. The highest BCUT2D eigenvalue weighted by atomic mass is 35.5. The molecule has 0 amide bonds. The highest BCUT2D eigenvalue weighted by molar-refractivity contribution is 6.42. The summed E-state index contributed by atoms with van der Waals surface area (Å²) in [6.45, 7) is 0.397. The molecule has 0 aliphatic carbocycles. The molecule has 0 bridgehead atoms. The van der Waals surface area contributed by atoms with Crippen LogP contribution in [-0.4, -0.2) is 9.97 Å². The predicted octanol–water partition coefficient (Wildman–Crippen LogP) is 6.12. The Hall–Kier alpha value is -2.49. The molecular formula is C20H14Cl2N2O. The van der Waals surface area contributed by atoms with Gasteiger partial charge in [-0.2, -0.15) is 0 Å². The number of nitrogens with zero attached hydrogens (tertiary/aromatic N) is 1. The maximum Gasteiger partial charge on any atom is 0.142 e. The third kappa shape index (κ3) is 3.34. The number of nitrogens with one attached hydrogen (secondary N) is 1. The Morgan fingerprint density at radius 1 is 0.880 bits per heavy atom. The van der Waals surface area contributed by atoms with E-state index in [4.69, 9.17) is 27.9 Å². The van der Waals surface area contributed by atoms with Crippen molar-refractivity contribution in [1.82, 2.24) is 9.97 Å². The van der Waals surface area contributed by atoms with Crippen LogP contribution in [0, 0.1) is 0 Å². The molecule has 25 heavy (non-hydrogen) atoms. The van der Waals surface area contributed by atoms with Crippen LogP contribution in [0.5, 0.6) is 5.75 Å². The fourth-order valence-electron chi connectivity index (χ4n) is 2.66. The maximum atomic E-state index is 6.07. The molecule has 1 heterocycles. The Balaban J connectivity index is 1.63. The summed E-state index contributed by atoms with van der Waals surface area (Å²) >= 11 is 12.0. The van der Waals surface area contributed by atoms with E-state index in [9.17, 15) is 0 Å². The predicted molar refractivity (Wildman–Crippen MR) is 102 cm³/mol. The molecule has 0 saturated heterocycles. The first kappa shape index (κ1) is 16.0. The van der Waals surface area contributed by atoms with Crippen LogP contribution >= 0.6 is 23.2 Å². The first-order valence-electron chi connectivity index (χ1n) is 7.81. The molecule has 0 radical (unpaired) electrons. The summed E-state index contributed by atoms with van der Waals surface area (Å²) in [4.78, 5) is 7.99. The summed E-state index contributed by atoms with van der Waals surface area (Å²) in [5.41, 5.74) is 3.79. The standard InChI is InChI=1S/C20H14Cl2N2O/c21-15-10-9-13(11-16(15)22)12-25-19-8-4-1-5-14(19)20-23-17-6-2-3-7-18(17)24-20/h1-11H,12H2,(H,23,24). The van der Waals surface area contributed by atoms with Gasteiger partial charge in [-0.1, -0.05) is 53.5 Å². The first-order valence-corrected chi connectivity index (χ1v) is 8.57. The fourth-order valence-corrected chi connectivity index (χ4v) is 2.98. The van der Waals surface area contributed by atoms with Crippen LogP contribution in [0.4, 0.5) is 0 Å². The molecule has 0 spiro atoms. The number of H-pyrrole nitrogens is 1. The van der Waals surface area contributed by atoms with Gasteiger partial charge in [0, 0.05) is 0 Å². The van der Waals surface area contributed by atoms with E-state index < -0.39 is 0 Å². The van der Waals surface area contributed by atoms with Gasteiger partial charge >= 0.3 is 0 Å². The summed E-state index contributed by atoms with van der Waals surface area (Å²) in [6, 6.07) is 21.3. The van der Waals surface area contributed by atoms with Crippen molar-refractivity contribution < 1.29 is 4.74 Å². The van der Waals surface area contributed by atoms with Gasteiger partial charge in [-0.25, -0.2) is 4.98 Å². The maximum absolute atomic E-state index is 6.07. The molecule has 1 N–H and O–H groups in total. The van der Waals surface area contributed by atoms with Gasteiger partial charge in [-0.3, -0.25) is 0 Å². The molecule has 0 aliphatic heterocycles. The van der Waals surface area contributed by atoms with Crippen LogP contribution in [0.15, 0.2) is 66.7 Å². The van der Waals surface area contributed by atoms with E-state index in [0.717, 1.165) is 33.7 Å². The van der Waals surface area contributed by atoms with Gasteiger partial charge in [0.25, 0.3) is 0 Å². The van der Waals surface area contributed by atoms with Crippen molar-refractivity contribution in [2.45, 2.75) is 6.61 Å². The zero-order valence-corrected chi connectivity index (χ0v) is 14.7. The fraction of sp³-hybridized carbons (Fsp3) is 0.0500. The van der Waals surface area contributed by atoms with E-state index in [1.54, 1.807) is 6.07 Å². The van der Waals surface area contributed by atoms with Crippen LogP contribution < -0.4 is 4.74 Å². The van der Waals surface area contributed by atoms with E-state index in [1.165, 1.54) is 0 Å². The van der Waals surface area contributed by atoms with Crippen LogP contribution in [0.2, 0.25) is 10.0 Å². The van der Waals surface area contributed by atoms with Crippen molar-refractivity contribution in [3.8, 4) is 17.1 Å². The van der Waals surface area contributed by atoms with E-state index in [1.807, 2.05) is 60.7 Å². The second-order valence-corrected chi connectivity index (χ2v) is 6.45. The average Bonchev–Trinajstić information content (AvgIpc) is 3.07. The molecule has 0 atom stereocenters. The smallest absolute Gasteiger partial charge is 0.142 e. The first-order chi connectivity index (χ1) is 12.2. The average molecular weight is 369 g/mol. The van der Waals surface area contributed by atoms with Crippen molar-refractivity contribution >= 4 is 34.2 Å². The van der Waals surface area contributed by atoms with Gasteiger partial charge in [-0.05, 0) is 42.0 Å². The van der Waals surface area contributed by atoms with E-state index in [0.29, 0.717) is 16.7 Å². The van der Waals surface area contributed by atoms with Gasteiger partial charge in [0.05, 0.1) is 26.6 Å². The van der Waals surface area contributed by atoms with Crippen molar-refractivity contribution in [3.05, 3.63) is 82.3 Å². The van der Waals surface area contributed by atoms with E-state index in [2.05, 4.69) is 9.97 Å². The molecule has 4 aromatic rings. The zero-order chi connectivity index (χ0) is 17.2. The molecule has 1 aromatic heterocycles. The Morgan fingerprint density at radius 3 is 2.52 bits per heavy atom. The van der Waals surface area contributed by atoms with Gasteiger partial charge in [0.15, 0.2) is 0 Å². The number of hydrogen-bond donors (Lipinski definition) is 1. The topological polar surface area (TPSA) is 37.9 Å². The van der Waals surface area contributed by atoms with Crippen LogP contribution in [0.1, 0.15) is 5.56 Å².